The summed E-state index contributed by atoms with van der Waals surface area (Å²) < 4.78 is 0. The van der Waals surface area contributed by atoms with Gasteiger partial charge in [0.25, 0.3) is 0 Å². The van der Waals surface area contributed by atoms with Gasteiger partial charge in [-0.15, -0.1) is 0 Å². The quantitative estimate of drug-likeness (QED) is 0.163. The van der Waals surface area contributed by atoms with Crippen molar-refractivity contribution in [2.24, 2.45) is 10.9 Å². The lowest BCUT2D eigenvalue weighted by Gasteiger charge is -2.17. The molecule has 0 aliphatic heterocycles. The fourth-order valence-corrected chi connectivity index (χ4v) is 1.26. The van der Waals surface area contributed by atoms with Crippen molar-refractivity contribution in [2.45, 2.75) is 25.8 Å². The molecule has 0 saturated heterocycles. The molecule has 17 heavy (non-hydrogen) atoms. The van der Waals surface area contributed by atoms with E-state index in [1.165, 1.54) is 4.90 Å². The maximum atomic E-state index is 11.2. The summed E-state index contributed by atoms with van der Waals surface area (Å²) in [7, 11) is 3.38. The number of nitrogens with zero attached hydrogens (tertiary/aromatic N) is 2. The van der Waals surface area contributed by atoms with Gasteiger partial charge in [0.05, 0.1) is 0 Å². The van der Waals surface area contributed by atoms with Gasteiger partial charge in [0.15, 0.2) is 0 Å². The smallest absolute Gasteiger partial charge is 0.316 e. The zero-order valence-corrected chi connectivity index (χ0v) is 10.7. The van der Waals surface area contributed by atoms with Crippen molar-refractivity contribution in [3.8, 4) is 0 Å². The molecule has 5 N–H and O–H groups in total. The maximum absolute atomic E-state index is 11.2. The highest BCUT2D eigenvalue weighted by molar-refractivity contribution is 5.80. The maximum Gasteiger partial charge on any atom is 0.316 e. The highest BCUT2D eigenvalue weighted by Crippen LogP contribution is 1.96. The van der Waals surface area contributed by atoms with Crippen molar-refractivity contribution < 1.29 is 10.0 Å². The van der Waals surface area contributed by atoms with Crippen molar-refractivity contribution in [2.75, 3.05) is 27.2 Å². The molecule has 0 spiro atoms. The number of carbonyl (C=O) groups is 1. The number of rotatable bonds is 7. The lowest BCUT2D eigenvalue weighted by Crippen LogP contribution is -2.41. The monoisotopic (exact) mass is 245 g/mol. The summed E-state index contributed by atoms with van der Waals surface area (Å²) in [5.41, 5.74) is 5.43. The Bertz CT molecular complexity index is 255. The van der Waals surface area contributed by atoms with Gasteiger partial charge in [0.2, 0.25) is 0 Å². The number of urea groups is 1. The summed E-state index contributed by atoms with van der Waals surface area (Å²) in [6, 6.07) is 0.0402. The highest BCUT2D eigenvalue weighted by Gasteiger charge is 2.08. The van der Waals surface area contributed by atoms with E-state index in [-0.39, 0.29) is 17.9 Å². The van der Waals surface area contributed by atoms with Crippen LogP contribution in [0.25, 0.3) is 0 Å². The molecule has 1 atom stereocenters. The Hall–Kier alpha value is -1.50. The third-order valence-electron chi connectivity index (χ3n) is 2.32. The molecule has 1 unspecified atom stereocenters. The summed E-state index contributed by atoms with van der Waals surface area (Å²) in [5.74, 6) is 0.210. The van der Waals surface area contributed by atoms with Crippen LogP contribution in [0.3, 0.4) is 0 Å². The van der Waals surface area contributed by atoms with Gasteiger partial charge in [-0.1, -0.05) is 12.1 Å². The fraction of sp³-hybridized carbons (Fsp3) is 0.800. The number of nitrogens with one attached hydrogen (secondary N) is 2. The van der Waals surface area contributed by atoms with Crippen LogP contribution in [0.2, 0.25) is 0 Å². The normalized spacial score (nSPS) is 13.2. The summed E-state index contributed by atoms with van der Waals surface area (Å²) in [4.78, 5) is 12.7. The first kappa shape index (κ1) is 15.5. The van der Waals surface area contributed by atoms with E-state index in [0.717, 1.165) is 6.42 Å². The second-order valence-electron chi connectivity index (χ2n) is 3.98. The van der Waals surface area contributed by atoms with E-state index >= 15 is 0 Å². The standard InChI is InChI=1S/C10H23N5O2/c1-4-8(7-9(11)14-17)12-5-6-13-10(16)15(2)3/h8,12,17H,4-7H2,1-3H3,(H2,11,14)(H,13,16). The van der Waals surface area contributed by atoms with Gasteiger partial charge in [-0.3, -0.25) is 0 Å². The molecular weight excluding hydrogens is 222 g/mol. The molecule has 0 fully saturated rings. The van der Waals surface area contributed by atoms with Crippen LogP contribution < -0.4 is 16.4 Å². The molecule has 100 valence electrons. The topological polar surface area (TPSA) is 103 Å². The Morgan fingerprint density at radius 3 is 2.59 bits per heavy atom. The number of carbonyl (C=O) groups excluding carboxylic acids is 1. The van der Waals surface area contributed by atoms with Crippen LogP contribution in [0.5, 0.6) is 0 Å². The SMILES string of the molecule is CCC(CC(N)=NO)NCCNC(=O)N(C)C. The third-order valence-corrected chi connectivity index (χ3v) is 2.32. The van der Waals surface area contributed by atoms with Crippen LogP contribution in [-0.4, -0.2) is 55.2 Å². The van der Waals surface area contributed by atoms with Crippen molar-refractivity contribution >= 4 is 11.9 Å². The predicted octanol–water partition coefficient (Wildman–Crippen LogP) is -0.238. The summed E-state index contributed by atoms with van der Waals surface area (Å²) >= 11 is 0. The van der Waals surface area contributed by atoms with E-state index in [4.69, 9.17) is 10.9 Å². The highest BCUT2D eigenvalue weighted by atomic mass is 16.4. The van der Waals surface area contributed by atoms with E-state index in [0.29, 0.717) is 19.5 Å². The summed E-state index contributed by atoms with van der Waals surface area (Å²) in [5, 5.41) is 17.4. The molecule has 2 amide bonds. The molecule has 0 bridgehead atoms. The largest absolute Gasteiger partial charge is 0.409 e. The minimum absolute atomic E-state index is 0.115. The average molecular weight is 245 g/mol. The zero-order valence-electron chi connectivity index (χ0n) is 10.7. The number of amidine groups is 1. The van der Waals surface area contributed by atoms with Crippen LogP contribution >= 0.6 is 0 Å². The second-order valence-corrected chi connectivity index (χ2v) is 3.98. The Morgan fingerprint density at radius 1 is 1.47 bits per heavy atom. The van der Waals surface area contributed by atoms with E-state index in [1.807, 2.05) is 6.92 Å². The Kier molecular flexibility index (Phi) is 7.87. The number of amides is 2. The Labute approximate surface area is 102 Å². The first-order chi connectivity index (χ1) is 8.01. The minimum atomic E-state index is -0.115. The molecule has 0 saturated carbocycles. The van der Waals surface area contributed by atoms with Gasteiger partial charge in [0, 0.05) is 39.6 Å². The van der Waals surface area contributed by atoms with Gasteiger partial charge in [0.1, 0.15) is 5.84 Å². The number of hydrogen-bond acceptors (Lipinski definition) is 4. The van der Waals surface area contributed by atoms with Crippen LogP contribution in [0.15, 0.2) is 5.16 Å². The molecule has 0 heterocycles. The lowest BCUT2D eigenvalue weighted by molar-refractivity contribution is 0.217. The van der Waals surface area contributed by atoms with E-state index in [2.05, 4.69) is 15.8 Å². The van der Waals surface area contributed by atoms with Gasteiger partial charge < -0.3 is 26.5 Å². The van der Waals surface area contributed by atoms with E-state index in [9.17, 15) is 4.79 Å². The summed E-state index contributed by atoms with van der Waals surface area (Å²) in [6.07, 6.45) is 1.37. The fourth-order valence-electron chi connectivity index (χ4n) is 1.26. The zero-order chi connectivity index (χ0) is 13.3. The van der Waals surface area contributed by atoms with Gasteiger partial charge >= 0.3 is 6.03 Å². The van der Waals surface area contributed by atoms with E-state index in [1.54, 1.807) is 14.1 Å². The van der Waals surface area contributed by atoms with Gasteiger partial charge in [-0.05, 0) is 6.42 Å². The van der Waals surface area contributed by atoms with Crippen LogP contribution in [0.1, 0.15) is 19.8 Å². The van der Waals surface area contributed by atoms with Crippen LogP contribution in [0, 0.1) is 0 Å². The Morgan fingerprint density at radius 2 is 2.12 bits per heavy atom. The molecular formula is C10H23N5O2. The molecule has 0 aromatic heterocycles. The van der Waals surface area contributed by atoms with Crippen molar-refractivity contribution in [3.63, 3.8) is 0 Å². The predicted molar refractivity (Wildman–Crippen MR) is 67.2 cm³/mol. The van der Waals surface area contributed by atoms with Crippen molar-refractivity contribution in [1.29, 1.82) is 0 Å². The molecule has 0 aliphatic carbocycles. The van der Waals surface area contributed by atoms with Crippen LogP contribution in [-0.2, 0) is 0 Å². The van der Waals surface area contributed by atoms with Crippen LogP contribution in [0.4, 0.5) is 4.79 Å². The molecule has 0 rings (SSSR count). The third kappa shape index (κ3) is 7.40. The van der Waals surface area contributed by atoms with E-state index < -0.39 is 0 Å². The number of hydrogen-bond donors (Lipinski definition) is 4. The van der Waals surface area contributed by atoms with Crippen molar-refractivity contribution in [3.05, 3.63) is 0 Å². The van der Waals surface area contributed by atoms with Gasteiger partial charge in [-0.25, -0.2) is 4.79 Å². The Balaban J connectivity index is 3.74. The molecule has 0 aromatic rings. The molecule has 0 radical (unpaired) electrons. The molecule has 0 aliphatic rings. The average Bonchev–Trinajstić information content (AvgIpc) is 2.31. The van der Waals surface area contributed by atoms with Crippen molar-refractivity contribution in [1.82, 2.24) is 15.5 Å². The first-order valence-electron chi connectivity index (χ1n) is 5.66. The second kappa shape index (κ2) is 8.63. The molecule has 7 nitrogen and oxygen atoms in total. The van der Waals surface area contributed by atoms with Gasteiger partial charge in [-0.2, -0.15) is 0 Å². The summed E-state index contributed by atoms with van der Waals surface area (Å²) in [6.45, 7) is 3.21. The lowest BCUT2D eigenvalue weighted by atomic mass is 10.1. The first-order valence-corrected chi connectivity index (χ1v) is 5.66. The number of nitrogens with two attached hydrogens (primary N) is 1. The number of oxime groups is 1. The minimum Gasteiger partial charge on any atom is -0.409 e. The molecule has 0 aromatic carbocycles. The molecule has 7 heteroatoms.